The maximum absolute atomic E-state index is 11.8. The van der Waals surface area contributed by atoms with Crippen LogP contribution in [-0.2, 0) is 7.05 Å². The first-order chi connectivity index (χ1) is 7.68. The average molecular weight is 237 g/mol. The Morgan fingerprint density at radius 1 is 1.44 bits per heavy atom. The van der Waals surface area contributed by atoms with Gasteiger partial charge in [-0.15, -0.1) is 0 Å². The smallest absolute Gasteiger partial charge is 0.258 e. The summed E-state index contributed by atoms with van der Waals surface area (Å²) < 4.78 is 1.56. The van der Waals surface area contributed by atoms with Crippen LogP contribution < -0.4 is 5.32 Å². The van der Waals surface area contributed by atoms with Crippen LogP contribution in [0.4, 0.5) is 5.82 Å². The fourth-order valence-corrected chi connectivity index (χ4v) is 1.44. The van der Waals surface area contributed by atoms with E-state index in [1.807, 2.05) is 0 Å². The molecule has 0 atom stereocenters. The summed E-state index contributed by atoms with van der Waals surface area (Å²) in [7, 11) is 1.74. The van der Waals surface area contributed by atoms with Crippen LogP contribution in [0.3, 0.4) is 0 Å². The van der Waals surface area contributed by atoms with E-state index < -0.39 is 0 Å². The SMILES string of the molecule is Cn1nccc1NC(=O)c1ccncc1Cl. The van der Waals surface area contributed by atoms with Crippen molar-refractivity contribution in [1.82, 2.24) is 14.8 Å². The number of pyridine rings is 1. The highest BCUT2D eigenvalue weighted by atomic mass is 35.5. The van der Waals surface area contributed by atoms with Gasteiger partial charge in [-0.3, -0.25) is 14.5 Å². The van der Waals surface area contributed by atoms with Gasteiger partial charge in [-0.05, 0) is 6.07 Å². The summed E-state index contributed by atoms with van der Waals surface area (Å²) in [5.74, 6) is 0.328. The summed E-state index contributed by atoms with van der Waals surface area (Å²) in [4.78, 5) is 15.6. The van der Waals surface area contributed by atoms with Gasteiger partial charge in [0, 0.05) is 25.5 Å². The maximum atomic E-state index is 11.8. The van der Waals surface area contributed by atoms with Crippen LogP contribution in [0.25, 0.3) is 0 Å². The van der Waals surface area contributed by atoms with Crippen molar-refractivity contribution in [1.29, 1.82) is 0 Å². The highest BCUT2D eigenvalue weighted by Crippen LogP contribution is 2.15. The highest BCUT2D eigenvalue weighted by Gasteiger charge is 2.11. The number of amides is 1. The molecule has 1 amide bonds. The van der Waals surface area contributed by atoms with E-state index >= 15 is 0 Å². The number of carbonyl (C=O) groups excluding carboxylic acids is 1. The van der Waals surface area contributed by atoms with Crippen molar-refractivity contribution in [2.75, 3.05) is 5.32 Å². The number of halogens is 1. The third-order valence-corrected chi connectivity index (χ3v) is 2.38. The number of hydrogen-bond acceptors (Lipinski definition) is 3. The predicted molar refractivity (Wildman–Crippen MR) is 60.4 cm³/mol. The van der Waals surface area contributed by atoms with Crippen molar-refractivity contribution in [3.63, 3.8) is 0 Å². The summed E-state index contributed by atoms with van der Waals surface area (Å²) in [5, 5.41) is 6.96. The van der Waals surface area contributed by atoms with Crippen LogP contribution in [0.15, 0.2) is 30.7 Å². The van der Waals surface area contributed by atoms with E-state index in [9.17, 15) is 4.79 Å². The van der Waals surface area contributed by atoms with E-state index in [4.69, 9.17) is 11.6 Å². The third kappa shape index (κ3) is 2.04. The molecule has 0 radical (unpaired) electrons. The van der Waals surface area contributed by atoms with Gasteiger partial charge in [-0.25, -0.2) is 0 Å². The molecule has 6 heteroatoms. The Labute approximate surface area is 97.1 Å². The van der Waals surface area contributed by atoms with Gasteiger partial charge in [-0.1, -0.05) is 11.6 Å². The summed E-state index contributed by atoms with van der Waals surface area (Å²) in [6, 6.07) is 3.26. The standard InChI is InChI=1S/C10H9ClN4O/c1-15-9(3-5-13-15)14-10(16)7-2-4-12-6-8(7)11/h2-6H,1H3,(H,14,16). The Morgan fingerprint density at radius 2 is 2.25 bits per heavy atom. The second-order valence-corrected chi connectivity index (χ2v) is 3.56. The first-order valence-corrected chi connectivity index (χ1v) is 4.95. The Bertz CT molecular complexity index is 523. The van der Waals surface area contributed by atoms with Gasteiger partial charge in [0.1, 0.15) is 5.82 Å². The minimum Gasteiger partial charge on any atom is -0.307 e. The van der Waals surface area contributed by atoms with Crippen LogP contribution in [0.2, 0.25) is 5.02 Å². The Morgan fingerprint density at radius 3 is 2.88 bits per heavy atom. The van der Waals surface area contributed by atoms with E-state index in [1.54, 1.807) is 30.1 Å². The minimum absolute atomic E-state index is 0.281. The zero-order valence-corrected chi connectivity index (χ0v) is 9.27. The summed E-state index contributed by atoms with van der Waals surface area (Å²) in [6.07, 6.45) is 4.55. The normalized spacial score (nSPS) is 10.1. The first-order valence-electron chi connectivity index (χ1n) is 4.57. The number of anilines is 1. The van der Waals surface area contributed by atoms with E-state index in [0.717, 1.165) is 0 Å². The molecular weight excluding hydrogens is 228 g/mol. The van der Waals surface area contributed by atoms with Crippen molar-refractivity contribution >= 4 is 23.3 Å². The maximum Gasteiger partial charge on any atom is 0.258 e. The number of nitrogens with one attached hydrogen (secondary N) is 1. The molecule has 2 aromatic heterocycles. The molecule has 2 heterocycles. The molecule has 0 bridgehead atoms. The lowest BCUT2D eigenvalue weighted by molar-refractivity contribution is 0.102. The molecule has 0 aliphatic rings. The van der Waals surface area contributed by atoms with Gasteiger partial charge in [-0.2, -0.15) is 5.10 Å². The Kier molecular flexibility index (Phi) is 2.87. The van der Waals surface area contributed by atoms with Gasteiger partial charge >= 0.3 is 0 Å². The molecule has 0 spiro atoms. The average Bonchev–Trinajstić information content (AvgIpc) is 2.65. The molecule has 0 saturated heterocycles. The van der Waals surface area contributed by atoms with Gasteiger partial charge in [0.25, 0.3) is 5.91 Å². The largest absolute Gasteiger partial charge is 0.307 e. The number of nitrogens with zero attached hydrogens (tertiary/aromatic N) is 3. The van der Waals surface area contributed by atoms with Crippen molar-refractivity contribution < 1.29 is 4.79 Å². The van der Waals surface area contributed by atoms with E-state index in [0.29, 0.717) is 16.4 Å². The molecule has 2 aromatic rings. The van der Waals surface area contributed by atoms with E-state index in [-0.39, 0.29) is 5.91 Å². The van der Waals surface area contributed by atoms with Crippen molar-refractivity contribution in [3.8, 4) is 0 Å². The minimum atomic E-state index is -0.281. The molecular formula is C10H9ClN4O. The zero-order valence-electron chi connectivity index (χ0n) is 8.51. The van der Waals surface area contributed by atoms with E-state index in [2.05, 4.69) is 15.4 Å². The molecule has 16 heavy (non-hydrogen) atoms. The third-order valence-electron chi connectivity index (χ3n) is 2.08. The molecule has 0 aliphatic heterocycles. The van der Waals surface area contributed by atoms with Crippen LogP contribution in [0.5, 0.6) is 0 Å². The summed E-state index contributed by atoms with van der Waals surface area (Å²) >= 11 is 5.85. The van der Waals surface area contributed by atoms with Crippen LogP contribution in [0, 0.1) is 0 Å². The second-order valence-electron chi connectivity index (χ2n) is 3.15. The number of hydrogen-bond donors (Lipinski definition) is 1. The number of aromatic nitrogens is 3. The fraction of sp³-hybridized carbons (Fsp3) is 0.100. The van der Waals surface area contributed by atoms with Crippen molar-refractivity contribution in [2.45, 2.75) is 0 Å². The molecule has 0 saturated carbocycles. The lowest BCUT2D eigenvalue weighted by Crippen LogP contribution is -2.15. The Balaban J connectivity index is 2.22. The van der Waals surface area contributed by atoms with Gasteiger partial charge in [0.2, 0.25) is 0 Å². The lowest BCUT2D eigenvalue weighted by Gasteiger charge is -2.05. The molecule has 0 unspecified atom stereocenters. The predicted octanol–water partition coefficient (Wildman–Crippen LogP) is 1.72. The van der Waals surface area contributed by atoms with Crippen LogP contribution in [0.1, 0.15) is 10.4 Å². The summed E-state index contributed by atoms with van der Waals surface area (Å²) in [5.41, 5.74) is 0.387. The fourth-order valence-electron chi connectivity index (χ4n) is 1.24. The van der Waals surface area contributed by atoms with Crippen molar-refractivity contribution in [3.05, 3.63) is 41.3 Å². The van der Waals surface area contributed by atoms with Gasteiger partial charge in [0.05, 0.1) is 16.8 Å². The lowest BCUT2D eigenvalue weighted by atomic mass is 10.2. The van der Waals surface area contributed by atoms with E-state index in [1.165, 1.54) is 12.4 Å². The van der Waals surface area contributed by atoms with Gasteiger partial charge < -0.3 is 5.32 Å². The van der Waals surface area contributed by atoms with Crippen molar-refractivity contribution in [2.24, 2.45) is 7.05 Å². The Hall–Kier alpha value is -1.88. The zero-order chi connectivity index (χ0) is 11.5. The number of aryl methyl sites for hydroxylation is 1. The molecule has 0 aromatic carbocycles. The monoisotopic (exact) mass is 236 g/mol. The summed E-state index contributed by atoms with van der Waals surface area (Å²) in [6.45, 7) is 0. The molecule has 2 rings (SSSR count). The molecule has 5 nitrogen and oxygen atoms in total. The molecule has 1 N–H and O–H groups in total. The topological polar surface area (TPSA) is 59.8 Å². The van der Waals surface area contributed by atoms with Gasteiger partial charge in [0.15, 0.2) is 0 Å². The number of rotatable bonds is 2. The number of carbonyl (C=O) groups is 1. The quantitative estimate of drug-likeness (QED) is 0.864. The first kappa shape index (κ1) is 10.6. The molecule has 0 fully saturated rings. The highest BCUT2D eigenvalue weighted by molar-refractivity contribution is 6.34. The second kappa shape index (κ2) is 4.32. The molecule has 82 valence electrons. The molecule has 0 aliphatic carbocycles. The van der Waals surface area contributed by atoms with Crippen LogP contribution in [-0.4, -0.2) is 20.7 Å². The van der Waals surface area contributed by atoms with Crippen LogP contribution >= 0.6 is 11.6 Å².